The molecule has 1 N–H and O–H groups in total. The van der Waals surface area contributed by atoms with Crippen molar-refractivity contribution in [1.82, 2.24) is 9.03 Å². The summed E-state index contributed by atoms with van der Waals surface area (Å²) in [5.41, 5.74) is 0.991. The van der Waals surface area contributed by atoms with Crippen molar-refractivity contribution < 1.29 is 21.6 Å². The fourth-order valence-corrected chi connectivity index (χ4v) is 5.38. The highest BCUT2D eigenvalue weighted by molar-refractivity contribution is 7.89. The molecule has 0 radical (unpaired) electrons. The maximum absolute atomic E-state index is 12.7. The van der Waals surface area contributed by atoms with Crippen LogP contribution in [0.4, 0.5) is 5.69 Å². The number of ether oxygens (including phenoxy) is 1. The number of rotatable bonds is 6. The van der Waals surface area contributed by atoms with Crippen LogP contribution >= 0.6 is 0 Å². The van der Waals surface area contributed by atoms with Gasteiger partial charge in [0.2, 0.25) is 20.0 Å². The minimum Gasteiger partial charge on any atom is -0.379 e. The van der Waals surface area contributed by atoms with Gasteiger partial charge in [0, 0.05) is 38.4 Å². The van der Waals surface area contributed by atoms with Crippen LogP contribution in [0.5, 0.6) is 0 Å². The fraction of sp³-hybridized carbons (Fsp3) is 0.647. The van der Waals surface area contributed by atoms with Crippen molar-refractivity contribution in [3.63, 3.8) is 0 Å². The van der Waals surface area contributed by atoms with Crippen molar-refractivity contribution in [1.29, 1.82) is 0 Å². The SMILES string of the molecule is CS(=O)(=O)NCC1CCN(c2ccc(S(=O)(=O)N3CCOCC3)cc2)CC1. The topological polar surface area (TPSA) is 96.0 Å². The second kappa shape index (κ2) is 8.44. The minimum absolute atomic E-state index is 0.306. The maximum Gasteiger partial charge on any atom is 0.243 e. The van der Waals surface area contributed by atoms with Gasteiger partial charge in [0.25, 0.3) is 0 Å². The molecule has 0 aromatic heterocycles. The van der Waals surface area contributed by atoms with E-state index >= 15 is 0 Å². The molecule has 0 saturated carbocycles. The van der Waals surface area contributed by atoms with E-state index in [9.17, 15) is 16.8 Å². The van der Waals surface area contributed by atoms with E-state index in [-0.39, 0.29) is 0 Å². The van der Waals surface area contributed by atoms with E-state index in [4.69, 9.17) is 4.74 Å². The van der Waals surface area contributed by atoms with E-state index in [1.165, 1.54) is 10.6 Å². The van der Waals surface area contributed by atoms with Crippen LogP contribution in [0, 0.1) is 5.92 Å². The Balaban J connectivity index is 1.58. The van der Waals surface area contributed by atoms with Crippen LogP contribution < -0.4 is 9.62 Å². The number of nitrogens with one attached hydrogen (secondary N) is 1. The summed E-state index contributed by atoms with van der Waals surface area (Å²) in [5, 5.41) is 0. The van der Waals surface area contributed by atoms with Crippen molar-refractivity contribution in [2.75, 3.05) is 57.1 Å². The first kappa shape index (κ1) is 20.5. The van der Waals surface area contributed by atoms with Crippen molar-refractivity contribution in [2.24, 2.45) is 5.92 Å². The van der Waals surface area contributed by atoms with Crippen molar-refractivity contribution in [2.45, 2.75) is 17.7 Å². The molecule has 1 aromatic carbocycles. The van der Waals surface area contributed by atoms with Gasteiger partial charge in [0.15, 0.2) is 0 Å². The second-order valence-electron chi connectivity index (χ2n) is 7.06. The third-order valence-corrected chi connectivity index (χ3v) is 7.66. The van der Waals surface area contributed by atoms with E-state index in [2.05, 4.69) is 9.62 Å². The molecule has 8 nitrogen and oxygen atoms in total. The van der Waals surface area contributed by atoms with Gasteiger partial charge >= 0.3 is 0 Å². The number of piperidine rings is 1. The summed E-state index contributed by atoms with van der Waals surface area (Å²) in [4.78, 5) is 2.52. The molecule has 0 amide bonds. The van der Waals surface area contributed by atoms with E-state index in [0.717, 1.165) is 31.6 Å². The Morgan fingerprint density at radius 2 is 1.59 bits per heavy atom. The Labute approximate surface area is 161 Å². The summed E-state index contributed by atoms with van der Waals surface area (Å²) in [6, 6.07) is 7.03. The molecule has 1 aromatic rings. The molecule has 0 aliphatic carbocycles. The Morgan fingerprint density at radius 1 is 1.00 bits per heavy atom. The van der Waals surface area contributed by atoms with Crippen molar-refractivity contribution in [3.05, 3.63) is 24.3 Å². The monoisotopic (exact) mass is 417 g/mol. The summed E-state index contributed by atoms with van der Waals surface area (Å²) in [6.45, 7) is 3.76. The molecular weight excluding hydrogens is 390 g/mol. The Hall–Kier alpha value is -1.20. The van der Waals surface area contributed by atoms with Crippen LogP contribution in [0.1, 0.15) is 12.8 Å². The molecule has 0 unspecified atom stereocenters. The highest BCUT2D eigenvalue weighted by Crippen LogP contribution is 2.25. The molecule has 0 atom stereocenters. The van der Waals surface area contributed by atoms with Gasteiger partial charge in [-0.1, -0.05) is 0 Å². The van der Waals surface area contributed by atoms with Gasteiger partial charge in [-0.25, -0.2) is 21.6 Å². The summed E-state index contributed by atoms with van der Waals surface area (Å²) in [6.07, 6.45) is 2.97. The number of benzene rings is 1. The molecule has 2 heterocycles. The van der Waals surface area contributed by atoms with Crippen molar-refractivity contribution in [3.8, 4) is 0 Å². The molecule has 2 fully saturated rings. The van der Waals surface area contributed by atoms with Gasteiger partial charge < -0.3 is 9.64 Å². The largest absolute Gasteiger partial charge is 0.379 e. The molecule has 10 heteroatoms. The van der Waals surface area contributed by atoms with E-state index in [1.54, 1.807) is 12.1 Å². The standard InChI is InChI=1S/C17H27N3O5S2/c1-26(21,22)18-14-15-6-8-19(9-7-15)16-2-4-17(5-3-16)27(23,24)20-10-12-25-13-11-20/h2-5,15,18H,6-14H2,1H3. The molecule has 0 bridgehead atoms. The molecule has 2 aliphatic rings. The van der Waals surface area contributed by atoms with Crippen LogP contribution in [0.2, 0.25) is 0 Å². The minimum atomic E-state index is -3.47. The Bertz CT molecular complexity index is 826. The van der Waals surface area contributed by atoms with E-state index in [1.807, 2.05) is 12.1 Å². The van der Waals surface area contributed by atoms with Gasteiger partial charge in [-0.3, -0.25) is 0 Å². The number of sulfonamides is 2. The second-order valence-corrected chi connectivity index (χ2v) is 10.8. The first-order chi connectivity index (χ1) is 12.8. The summed E-state index contributed by atoms with van der Waals surface area (Å²) >= 11 is 0. The lowest BCUT2D eigenvalue weighted by Gasteiger charge is -2.33. The first-order valence-electron chi connectivity index (χ1n) is 9.13. The van der Waals surface area contributed by atoms with Gasteiger partial charge in [0.1, 0.15) is 0 Å². The summed E-state index contributed by atoms with van der Waals surface area (Å²) in [5.74, 6) is 0.331. The average Bonchev–Trinajstić information content (AvgIpc) is 2.67. The third-order valence-electron chi connectivity index (χ3n) is 5.06. The Morgan fingerprint density at radius 3 is 2.15 bits per heavy atom. The third kappa shape index (κ3) is 5.41. The zero-order valence-corrected chi connectivity index (χ0v) is 17.1. The lowest BCUT2D eigenvalue weighted by atomic mass is 9.97. The maximum atomic E-state index is 12.7. The number of morpholine rings is 1. The van der Waals surface area contributed by atoms with Crippen LogP contribution in [0.15, 0.2) is 29.2 Å². The molecule has 0 spiro atoms. The average molecular weight is 418 g/mol. The molecule has 27 heavy (non-hydrogen) atoms. The van der Waals surface area contributed by atoms with Gasteiger partial charge in [-0.05, 0) is 43.0 Å². The molecule has 2 saturated heterocycles. The first-order valence-corrected chi connectivity index (χ1v) is 12.5. The lowest BCUT2D eigenvalue weighted by molar-refractivity contribution is 0.0730. The predicted octanol–water partition coefficient (Wildman–Crippen LogP) is 0.473. The fourth-order valence-electron chi connectivity index (χ4n) is 3.43. The van der Waals surface area contributed by atoms with Gasteiger partial charge in [0.05, 0.1) is 24.4 Å². The quantitative estimate of drug-likeness (QED) is 0.723. The molecule has 152 valence electrons. The van der Waals surface area contributed by atoms with Crippen LogP contribution in [-0.4, -0.2) is 73.3 Å². The van der Waals surface area contributed by atoms with Crippen LogP contribution in [0.3, 0.4) is 0 Å². The van der Waals surface area contributed by atoms with E-state index < -0.39 is 20.0 Å². The van der Waals surface area contributed by atoms with Gasteiger partial charge in [-0.15, -0.1) is 0 Å². The lowest BCUT2D eigenvalue weighted by Crippen LogP contribution is -2.40. The molecule has 3 rings (SSSR count). The Kier molecular flexibility index (Phi) is 6.42. The normalized spacial score (nSPS) is 20.7. The highest BCUT2D eigenvalue weighted by atomic mass is 32.2. The number of hydrogen-bond donors (Lipinski definition) is 1. The number of hydrogen-bond acceptors (Lipinski definition) is 6. The smallest absolute Gasteiger partial charge is 0.243 e. The molecule has 2 aliphatic heterocycles. The van der Waals surface area contributed by atoms with Crippen molar-refractivity contribution >= 4 is 25.7 Å². The number of nitrogens with zero attached hydrogens (tertiary/aromatic N) is 2. The van der Waals surface area contributed by atoms with E-state index in [0.29, 0.717) is 43.7 Å². The highest BCUT2D eigenvalue weighted by Gasteiger charge is 2.26. The van der Waals surface area contributed by atoms with Crippen LogP contribution in [0.25, 0.3) is 0 Å². The zero-order valence-electron chi connectivity index (χ0n) is 15.5. The zero-order chi connectivity index (χ0) is 19.5. The van der Waals surface area contributed by atoms with Crippen LogP contribution in [-0.2, 0) is 24.8 Å². The predicted molar refractivity (Wildman–Crippen MR) is 104 cm³/mol. The summed E-state index contributed by atoms with van der Waals surface area (Å²) < 4.78 is 57.0. The number of anilines is 1. The van der Waals surface area contributed by atoms with Gasteiger partial charge in [-0.2, -0.15) is 4.31 Å². The summed E-state index contributed by atoms with van der Waals surface area (Å²) in [7, 11) is -6.62. The molecular formula is C17H27N3O5S2.